The van der Waals surface area contributed by atoms with Gasteiger partial charge in [0.1, 0.15) is 11.8 Å². The number of benzene rings is 2. The van der Waals surface area contributed by atoms with Crippen LogP contribution in [0.3, 0.4) is 0 Å². The number of hydrogen-bond acceptors (Lipinski definition) is 8. The first-order valence-electron chi connectivity index (χ1n) is 8.89. The van der Waals surface area contributed by atoms with Crippen molar-refractivity contribution in [3.8, 4) is 5.75 Å². The van der Waals surface area contributed by atoms with E-state index < -0.39 is 22.0 Å². The maximum absolute atomic E-state index is 13.4. The van der Waals surface area contributed by atoms with E-state index >= 15 is 0 Å². The third kappa shape index (κ3) is 4.16. The first-order chi connectivity index (χ1) is 14.4. The van der Waals surface area contributed by atoms with Gasteiger partial charge in [0.15, 0.2) is 3.95 Å². The number of fused-ring (bicyclic) bond motifs is 1. The molecule has 2 heterocycles. The van der Waals surface area contributed by atoms with E-state index in [2.05, 4.69) is 10.3 Å². The minimum absolute atomic E-state index is 0.102. The van der Waals surface area contributed by atoms with Crippen LogP contribution in [0.4, 0.5) is 5.13 Å². The number of nitrogens with one attached hydrogen (secondary N) is 1. The second-order valence-electron chi connectivity index (χ2n) is 6.55. The Morgan fingerprint density at radius 2 is 1.87 bits per heavy atom. The number of carbonyl (C=O) groups is 1. The molecule has 1 unspecified atom stereocenters. The number of anilines is 1. The van der Waals surface area contributed by atoms with E-state index in [4.69, 9.17) is 17.0 Å². The van der Waals surface area contributed by atoms with Gasteiger partial charge in [0.2, 0.25) is 21.1 Å². The van der Waals surface area contributed by atoms with Crippen LogP contribution in [0.15, 0.2) is 53.4 Å². The molecule has 1 aliphatic rings. The highest BCUT2D eigenvalue weighted by molar-refractivity contribution is 7.89. The van der Waals surface area contributed by atoms with Crippen LogP contribution in [0.1, 0.15) is 11.1 Å². The fourth-order valence-corrected chi connectivity index (χ4v) is 6.72. The molecule has 0 spiro atoms. The Kier molecular flexibility index (Phi) is 5.98. The molecular weight excluding hydrogens is 462 g/mol. The molecule has 4 rings (SSSR count). The summed E-state index contributed by atoms with van der Waals surface area (Å²) in [4.78, 5) is 17.3. The molecule has 0 bridgehead atoms. The van der Waals surface area contributed by atoms with Gasteiger partial charge in [-0.05, 0) is 74.7 Å². The van der Waals surface area contributed by atoms with Crippen molar-refractivity contribution in [2.24, 2.45) is 0 Å². The van der Waals surface area contributed by atoms with Crippen LogP contribution in [0.25, 0.3) is 0 Å². The molecule has 30 heavy (non-hydrogen) atoms. The zero-order valence-corrected chi connectivity index (χ0v) is 19.0. The maximum Gasteiger partial charge on any atom is 0.244 e. The van der Waals surface area contributed by atoms with Crippen molar-refractivity contribution in [2.75, 3.05) is 12.4 Å². The van der Waals surface area contributed by atoms with Gasteiger partial charge in [0.05, 0.1) is 12.0 Å². The monoisotopic (exact) mass is 479 g/mol. The Balaban J connectivity index is 1.71. The zero-order chi connectivity index (χ0) is 21.3. The number of nitrogens with zero attached hydrogens (tertiary/aromatic N) is 2. The van der Waals surface area contributed by atoms with E-state index in [9.17, 15) is 13.2 Å². The minimum Gasteiger partial charge on any atom is -0.497 e. The van der Waals surface area contributed by atoms with Gasteiger partial charge in [0, 0.05) is 6.54 Å². The van der Waals surface area contributed by atoms with Gasteiger partial charge in [0.25, 0.3) is 0 Å². The molecule has 1 N–H and O–H groups in total. The Morgan fingerprint density at radius 1 is 1.17 bits per heavy atom. The van der Waals surface area contributed by atoms with Gasteiger partial charge in [-0.3, -0.25) is 10.1 Å². The second kappa shape index (κ2) is 8.52. The highest BCUT2D eigenvalue weighted by Gasteiger charge is 2.39. The van der Waals surface area contributed by atoms with E-state index in [0.717, 1.165) is 11.1 Å². The summed E-state index contributed by atoms with van der Waals surface area (Å²) in [6.07, 6.45) is 0.271. The van der Waals surface area contributed by atoms with E-state index in [1.165, 1.54) is 44.2 Å². The van der Waals surface area contributed by atoms with Crippen LogP contribution >= 0.6 is 32.9 Å². The number of amides is 1. The topological polar surface area (TPSA) is 88.6 Å². The van der Waals surface area contributed by atoms with Crippen molar-refractivity contribution >= 4 is 54.0 Å². The molecule has 1 atom stereocenters. The van der Waals surface area contributed by atoms with Crippen molar-refractivity contribution in [1.29, 1.82) is 0 Å². The Labute approximate surface area is 186 Å². The molecule has 1 aliphatic heterocycles. The second-order valence-corrected chi connectivity index (χ2v) is 11.2. The number of aromatic nitrogens is 1. The number of rotatable bonds is 5. The van der Waals surface area contributed by atoms with Crippen LogP contribution in [-0.2, 0) is 27.8 Å². The van der Waals surface area contributed by atoms with E-state index in [1.54, 1.807) is 12.1 Å². The summed E-state index contributed by atoms with van der Waals surface area (Å²) in [7, 11) is 0.109. The highest BCUT2D eigenvalue weighted by atomic mass is 32.9. The number of carbonyl (C=O) groups excluding carboxylic acids is 1. The van der Waals surface area contributed by atoms with Crippen molar-refractivity contribution in [3.05, 3.63) is 63.6 Å². The smallest absolute Gasteiger partial charge is 0.244 e. The van der Waals surface area contributed by atoms with Gasteiger partial charge in [-0.1, -0.05) is 24.3 Å². The van der Waals surface area contributed by atoms with Gasteiger partial charge >= 0.3 is 0 Å². The normalized spacial score (nSPS) is 16.6. The van der Waals surface area contributed by atoms with Gasteiger partial charge in [-0.25, -0.2) is 8.42 Å². The highest BCUT2D eigenvalue weighted by Crippen LogP contribution is 2.31. The molecular formula is C19H17N3O4S4. The summed E-state index contributed by atoms with van der Waals surface area (Å²) < 4.78 is 33.7. The zero-order valence-electron chi connectivity index (χ0n) is 15.8. The minimum atomic E-state index is -3.93. The molecule has 7 nitrogen and oxygen atoms in total. The number of ether oxygens (including phenoxy) is 1. The number of sulfonamides is 1. The molecule has 1 aromatic heterocycles. The molecule has 11 heteroatoms. The predicted octanol–water partition coefficient (Wildman–Crippen LogP) is 3.70. The Bertz CT molecular complexity index is 1230. The van der Waals surface area contributed by atoms with Crippen molar-refractivity contribution in [2.45, 2.75) is 23.9 Å². The molecule has 0 radical (unpaired) electrons. The largest absolute Gasteiger partial charge is 0.497 e. The summed E-state index contributed by atoms with van der Waals surface area (Å²) >= 11 is 5.01. The molecule has 0 fully saturated rings. The molecule has 0 aliphatic carbocycles. The molecule has 0 saturated heterocycles. The lowest BCUT2D eigenvalue weighted by Gasteiger charge is -2.34. The summed E-state index contributed by atoms with van der Waals surface area (Å²) in [5, 5.41) is 3.09. The molecule has 0 saturated carbocycles. The van der Waals surface area contributed by atoms with Gasteiger partial charge < -0.3 is 4.74 Å². The Morgan fingerprint density at radius 3 is 2.50 bits per heavy atom. The predicted molar refractivity (Wildman–Crippen MR) is 119 cm³/mol. The summed E-state index contributed by atoms with van der Waals surface area (Å²) in [5.74, 6) is 0.120. The fraction of sp³-hybridized carbons (Fsp3) is 0.211. The summed E-state index contributed by atoms with van der Waals surface area (Å²) in [5.41, 5.74) is 1.83. The SMILES string of the molecule is COc1ccc(S(=O)(=O)N2Cc3ccccc3CC2C(=O)Nc2nc(=S)ss2)cc1. The van der Waals surface area contributed by atoms with Crippen LogP contribution in [0.5, 0.6) is 5.75 Å². The van der Waals surface area contributed by atoms with Crippen LogP contribution in [-0.4, -0.2) is 36.8 Å². The molecule has 1 amide bonds. The fourth-order valence-electron chi connectivity index (χ4n) is 3.29. The van der Waals surface area contributed by atoms with E-state index in [0.29, 0.717) is 14.8 Å². The lowest BCUT2D eigenvalue weighted by atomic mass is 9.95. The van der Waals surface area contributed by atoms with Gasteiger partial charge in [-0.2, -0.15) is 9.29 Å². The summed E-state index contributed by atoms with van der Waals surface area (Å²) in [6.45, 7) is 0.107. The van der Waals surface area contributed by atoms with Crippen LogP contribution < -0.4 is 10.1 Å². The first-order valence-corrected chi connectivity index (χ1v) is 12.9. The number of hydrogen-bond donors (Lipinski definition) is 1. The quantitative estimate of drug-likeness (QED) is 0.443. The number of methoxy groups -OCH3 is 1. The average Bonchev–Trinajstić information content (AvgIpc) is 3.17. The summed E-state index contributed by atoms with van der Waals surface area (Å²) in [6, 6.07) is 12.8. The molecule has 2 aromatic carbocycles. The average molecular weight is 480 g/mol. The lowest BCUT2D eigenvalue weighted by Crippen LogP contribution is -2.50. The third-order valence-corrected chi connectivity index (χ3v) is 9.18. The van der Waals surface area contributed by atoms with Crippen LogP contribution in [0.2, 0.25) is 0 Å². The molecule has 3 aromatic rings. The Hall–Kier alpha value is -2.18. The van der Waals surface area contributed by atoms with Crippen molar-refractivity contribution in [3.63, 3.8) is 0 Å². The van der Waals surface area contributed by atoms with Crippen molar-refractivity contribution in [1.82, 2.24) is 9.29 Å². The van der Waals surface area contributed by atoms with Crippen molar-refractivity contribution < 1.29 is 17.9 Å². The van der Waals surface area contributed by atoms with Gasteiger partial charge in [-0.15, -0.1) is 0 Å². The van der Waals surface area contributed by atoms with E-state index in [-0.39, 0.29) is 17.9 Å². The van der Waals surface area contributed by atoms with E-state index in [1.807, 2.05) is 24.3 Å². The third-order valence-electron chi connectivity index (χ3n) is 4.79. The lowest BCUT2D eigenvalue weighted by molar-refractivity contribution is -0.120. The maximum atomic E-state index is 13.4. The first kappa shape index (κ1) is 21.1. The molecule has 156 valence electrons. The van der Waals surface area contributed by atoms with Crippen LogP contribution in [0, 0.1) is 3.95 Å². The standard InChI is InChI=1S/C19H17N3O4S4/c1-26-14-6-8-15(9-7-14)30(24,25)22-11-13-5-3-2-4-12(13)10-16(22)17(23)20-18-21-19(27)29-28-18/h2-9,16H,10-11H2,1H3,(H,20,21,23,27).